The number of nitrogens with zero attached hydrogens (tertiary/aromatic N) is 1. The first-order chi connectivity index (χ1) is 6.16. The van der Waals surface area contributed by atoms with E-state index in [1.54, 1.807) is 11.8 Å². The third-order valence-electron chi connectivity index (χ3n) is 2.37. The molecule has 1 amide bonds. The molecule has 0 radical (unpaired) electrons. The van der Waals surface area contributed by atoms with Gasteiger partial charge in [-0.2, -0.15) is 0 Å². The summed E-state index contributed by atoms with van der Waals surface area (Å²) < 4.78 is 4.58. The number of rotatable bonds is 2. The fourth-order valence-electron chi connectivity index (χ4n) is 1.53. The summed E-state index contributed by atoms with van der Waals surface area (Å²) in [5.41, 5.74) is 0. The number of esters is 1. The Labute approximate surface area is 77.8 Å². The van der Waals surface area contributed by atoms with Gasteiger partial charge in [-0.15, -0.1) is 0 Å². The van der Waals surface area contributed by atoms with Crippen LogP contribution in [0, 0.1) is 0 Å². The normalized spacial score (nSPS) is 19.8. The quantitative estimate of drug-likeness (QED) is 0.590. The van der Waals surface area contributed by atoms with Gasteiger partial charge in [0.25, 0.3) is 0 Å². The highest BCUT2D eigenvalue weighted by Crippen LogP contribution is 2.14. The number of carbonyl (C=O) groups excluding carboxylic acids is 2. The van der Waals surface area contributed by atoms with E-state index in [-0.39, 0.29) is 11.9 Å². The van der Waals surface area contributed by atoms with Crippen molar-refractivity contribution in [1.82, 2.24) is 4.90 Å². The highest BCUT2D eigenvalue weighted by atomic mass is 16.5. The molecule has 1 fully saturated rings. The zero-order valence-corrected chi connectivity index (χ0v) is 8.08. The summed E-state index contributed by atoms with van der Waals surface area (Å²) in [4.78, 5) is 24.1. The van der Waals surface area contributed by atoms with Gasteiger partial charge >= 0.3 is 5.97 Å². The van der Waals surface area contributed by atoms with Crippen LogP contribution in [0.15, 0.2) is 0 Å². The van der Waals surface area contributed by atoms with Gasteiger partial charge in [0.2, 0.25) is 5.91 Å². The molecule has 0 spiro atoms. The molecule has 0 aromatic heterocycles. The lowest BCUT2D eigenvalue weighted by Gasteiger charge is -2.30. The maximum Gasteiger partial charge on any atom is 0.328 e. The van der Waals surface area contributed by atoms with E-state index < -0.39 is 6.04 Å². The predicted octanol–water partition coefficient (Wildman–Crippen LogP) is 0.560. The molecule has 0 aromatic carbocycles. The van der Waals surface area contributed by atoms with Crippen LogP contribution in [0.5, 0.6) is 0 Å². The summed E-state index contributed by atoms with van der Waals surface area (Å²) in [5.74, 6) is -0.278. The summed E-state index contributed by atoms with van der Waals surface area (Å²) in [7, 11) is 1.34. The van der Waals surface area contributed by atoms with Crippen molar-refractivity contribution in [2.24, 2.45) is 0 Å². The van der Waals surface area contributed by atoms with Crippen molar-refractivity contribution in [2.75, 3.05) is 13.7 Å². The number of carbonyl (C=O) groups is 2. The summed E-state index contributed by atoms with van der Waals surface area (Å²) in [6, 6.07) is -0.433. The highest BCUT2D eigenvalue weighted by Gasteiger charge is 2.27. The smallest absolute Gasteiger partial charge is 0.328 e. The number of ether oxygens (including phenoxy) is 1. The molecule has 0 aliphatic carbocycles. The summed E-state index contributed by atoms with van der Waals surface area (Å²) >= 11 is 0. The van der Waals surface area contributed by atoms with Gasteiger partial charge in [-0.05, 0) is 19.8 Å². The van der Waals surface area contributed by atoms with Gasteiger partial charge in [0, 0.05) is 13.0 Å². The lowest BCUT2D eigenvalue weighted by Crippen LogP contribution is -2.46. The second-order valence-corrected chi connectivity index (χ2v) is 3.24. The zero-order valence-electron chi connectivity index (χ0n) is 8.08. The monoisotopic (exact) mass is 185 g/mol. The van der Waals surface area contributed by atoms with Crippen molar-refractivity contribution in [3.63, 3.8) is 0 Å². The van der Waals surface area contributed by atoms with Crippen LogP contribution < -0.4 is 0 Å². The van der Waals surface area contributed by atoms with Gasteiger partial charge < -0.3 is 9.64 Å². The molecule has 0 N–H and O–H groups in total. The van der Waals surface area contributed by atoms with E-state index >= 15 is 0 Å². The van der Waals surface area contributed by atoms with E-state index in [1.807, 2.05) is 0 Å². The van der Waals surface area contributed by atoms with Crippen LogP contribution in [-0.4, -0.2) is 36.5 Å². The Hall–Kier alpha value is -1.06. The molecule has 1 atom stereocenters. The molecule has 0 aromatic rings. The second kappa shape index (κ2) is 4.25. The minimum atomic E-state index is -0.433. The van der Waals surface area contributed by atoms with E-state index in [1.165, 1.54) is 7.11 Å². The van der Waals surface area contributed by atoms with Crippen LogP contribution in [0.1, 0.15) is 26.2 Å². The third kappa shape index (κ3) is 2.20. The Morgan fingerprint density at radius 2 is 2.23 bits per heavy atom. The van der Waals surface area contributed by atoms with Gasteiger partial charge in [-0.1, -0.05) is 0 Å². The number of hydrogen-bond donors (Lipinski definition) is 0. The Kier molecular flexibility index (Phi) is 3.28. The van der Waals surface area contributed by atoms with E-state index in [0.29, 0.717) is 13.0 Å². The van der Waals surface area contributed by atoms with Crippen LogP contribution in [0.4, 0.5) is 0 Å². The number of hydrogen-bond acceptors (Lipinski definition) is 3. The first-order valence-corrected chi connectivity index (χ1v) is 4.54. The average Bonchev–Trinajstić information content (AvgIpc) is 2.16. The molecule has 74 valence electrons. The SMILES string of the molecule is COC(=O)C(C)N1CCCCC1=O. The Bertz CT molecular complexity index is 215. The number of piperidine rings is 1. The van der Waals surface area contributed by atoms with Gasteiger partial charge in [0.05, 0.1) is 7.11 Å². The lowest BCUT2D eigenvalue weighted by molar-refractivity contribution is -0.153. The molecule has 1 unspecified atom stereocenters. The first kappa shape index (κ1) is 10.0. The molecule has 4 heteroatoms. The first-order valence-electron chi connectivity index (χ1n) is 4.54. The largest absolute Gasteiger partial charge is 0.467 e. The van der Waals surface area contributed by atoms with Crippen LogP contribution in [0.3, 0.4) is 0 Å². The van der Waals surface area contributed by atoms with Crippen molar-refractivity contribution >= 4 is 11.9 Å². The summed E-state index contributed by atoms with van der Waals surface area (Å²) in [6.45, 7) is 2.38. The van der Waals surface area contributed by atoms with E-state index in [4.69, 9.17) is 0 Å². The standard InChI is InChI=1S/C9H15NO3/c1-7(9(12)13-2)10-6-4-3-5-8(10)11/h7H,3-6H2,1-2H3. The molecule has 13 heavy (non-hydrogen) atoms. The van der Waals surface area contributed by atoms with Crippen molar-refractivity contribution < 1.29 is 14.3 Å². The van der Waals surface area contributed by atoms with Crippen LogP contribution in [0.2, 0.25) is 0 Å². The van der Waals surface area contributed by atoms with Crippen molar-refractivity contribution in [1.29, 1.82) is 0 Å². The van der Waals surface area contributed by atoms with Gasteiger partial charge in [-0.3, -0.25) is 4.79 Å². The molecule has 1 aliphatic rings. The summed E-state index contributed by atoms with van der Waals surface area (Å²) in [6.07, 6.45) is 2.47. The van der Waals surface area contributed by atoms with Gasteiger partial charge in [0.15, 0.2) is 0 Å². The van der Waals surface area contributed by atoms with E-state index in [9.17, 15) is 9.59 Å². The van der Waals surface area contributed by atoms with E-state index in [0.717, 1.165) is 12.8 Å². The molecular formula is C9H15NO3. The molecule has 1 heterocycles. The van der Waals surface area contributed by atoms with Crippen LogP contribution in [-0.2, 0) is 14.3 Å². The fourth-order valence-corrected chi connectivity index (χ4v) is 1.53. The predicted molar refractivity (Wildman–Crippen MR) is 47.0 cm³/mol. The minimum Gasteiger partial charge on any atom is -0.467 e. The Balaban J connectivity index is 2.58. The molecule has 4 nitrogen and oxygen atoms in total. The molecule has 0 bridgehead atoms. The van der Waals surface area contributed by atoms with Crippen LogP contribution in [0.25, 0.3) is 0 Å². The Morgan fingerprint density at radius 1 is 1.54 bits per heavy atom. The molecular weight excluding hydrogens is 170 g/mol. The maximum atomic E-state index is 11.4. The van der Waals surface area contributed by atoms with Gasteiger partial charge in [-0.25, -0.2) is 4.79 Å². The zero-order chi connectivity index (χ0) is 9.84. The molecule has 0 saturated carbocycles. The van der Waals surface area contributed by atoms with Crippen molar-refractivity contribution in [2.45, 2.75) is 32.2 Å². The number of methoxy groups -OCH3 is 1. The molecule has 1 rings (SSSR count). The average molecular weight is 185 g/mol. The Morgan fingerprint density at radius 3 is 2.77 bits per heavy atom. The van der Waals surface area contributed by atoms with Crippen molar-refractivity contribution in [3.05, 3.63) is 0 Å². The minimum absolute atomic E-state index is 0.0594. The second-order valence-electron chi connectivity index (χ2n) is 3.24. The van der Waals surface area contributed by atoms with Crippen molar-refractivity contribution in [3.8, 4) is 0 Å². The molecule has 1 aliphatic heterocycles. The third-order valence-corrected chi connectivity index (χ3v) is 2.37. The van der Waals surface area contributed by atoms with E-state index in [2.05, 4.69) is 4.74 Å². The number of likely N-dealkylation sites (tertiary alicyclic amines) is 1. The highest BCUT2D eigenvalue weighted by molar-refractivity contribution is 5.84. The lowest BCUT2D eigenvalue weighted by atomic mass is 10.1. The topological polar surface area (TPSA) is 46.6 Å². The van der Waals surface area contributed by atoms with Crippen LogP contribution >= 0.6 is 0 Å². The summed E-state index contributed by atoms with van der Waals surface area (Å²) in [5, 5.41) is 0. The number of amides is 1. The molecule has 1 saturated heterocycles. The maximum absolute atomic E-state index is 11.4. The van der Waals surface area contributed by atoms with Gasteiger partial charge in [0.1, 0.15) is 6.04 Å². The fraction of sp³-hybridized carbons (Fsp3) is 0.778.